The Bertz CT molecular complexity index is 368. The Morgan fingerprint density at radius 3 is 2.67 bits per heavy atom. The van der Waals surface area contributed by atoms with Crippen molar-refractivity contribution in [2.75, 3.05) is 6.54 Å². The second-order valence-corrected chi connectivity index (χ2v) is 3.68. The van der Waals surface area contributed by atoms with Crippen LogP contribution in [0.2, 0.25) is 0 Å². The number of hydrogen-bond donors (Lipinski definition) is 1. The minimum Gasteiger partial charge on any atom is -0.344 e. The summed E-state index contributed by atoms with van der Waals surface area (Å²) >= 11 is 0. The van der Waals surface area contributed by atoms with Crippen molar-refractivity contribution < 1.29 is 9.59 Å². The lowest BCUT2D eigenvalue weighted by molar-refractivity contribution is -0.120. The number of Topliss-reactive ketones (excluding diaryl/α,β-unsaturated/α-hetero) is 1. The van der Waals surface area contributed by atoms with Crippen molar-refractivity contribution >= 4 is 11.7 Å². The van der Waals surface area contributed by atoms with E-state index < -0.39 is 0 Å². The summed E-state index contributed by atoms with van der Waals surface area (Å²) in [6, 6.07) is 1.61. The van der Waals surface area contributed by atoms with Crippen molar-refractivity contribution in [3.8, 4) is 0 Å². The summed E-state index contributed by atoms with van der Waals surface area (Å²) in [5.74, 6) is -0.363. The van der Waals surface area contributed by atoms with Gasteiger partial charge in [0.2, 0.25) is 0 Å². The van der Waals surface area contributed by atoms with Gasteiger partial charge in [-0.3, -0.25) is 14.3 Å². The Kier molecular flexibility index (Phi) is 3.60. The fraction of sp³-hybridized carbons (Fsp3) is 0.500. The number of carbonyl (C=O) groups is 2. The summed E-state index contributed by atoms with van der Waals surface area (Å²) in [6.45, 7) is 3.66. The molecule has 0 aliphatic carbocycles. The first-order valence-corrected chi connectivity index (χ1v) is 4.81. The summed E-state index contributed by atoms with van der Waals surface area (Å²) in [4.78, 5) is 22.7. The van der Waals surface area contributed by atoms with Crippen LogP contribution in [-0.2, 0) is 11.8 Å². The molecule has 5 heteroatoms. The molecule has 15 heavy (non-hydrogen) atoms. The Labute approximate surface area is 88.5 Å². The molecule has 5 nitrogen and oxygen atoms in total. The van der Waals surface area contributed by atoms with E-state index in [1.54, 1.807) is 37.8 Å². The van der Waals surface area contributed by atoms with Crippen molar-refractivity contribution in [1.29, 1.82) is 0 Å². The van der Waals surface area contributed by atoms with E-state index >= 15 is 0 Å². The number of hydrogen-bond acceptors (Lipinski definition) is 3. The van der Waals surface area contributed by atoms with Crippen LogP contribution in [0.3, 0.4) is 0 Å². The van der Waals surface area contributed by atoms with Crippen LogP contribution in [0.25, 0.3) is 0 Å². The van der Waals surface area contributed by atoms with Crippen LogP contribution >= 0.6 is 0 Å². The van der Waals surface area contributed by atoms with E-state index in [1.807, 2.05) is 0 Å². The number of rotatable bonds is 4. The van der Waals surface area contributed by atoms with Gasteiger partial charge >= 0.3 is 0 Å². The summed E-state index contributed by atoms with van der Waals surface area (Å²) in [5.41, 5.74) is 0.328. The van der Waals surface area contributed by atoms with E-state index in [-0.39, 0.29) is 24.2 Å². The maximum absolute atomic E-state index is 11.4. The van der Waals surface area contributed by atoms with Gasteiger partial charge in [-0.15, -0.1) is 0 Å². The van der Waals surface area contributed by atoms with Crippen LogP contribution in [0, 0.1) is 5.92 Å². The molecular weight excluding hydrogens is 194 g/mol. The molecule has 0 aliphatic heterocycles. The zero-order valence-electron chi connectivity index (χ0n) is 9.15. The molecule has 0 atom stereocenters. The Morgan fingerprint density at radius 1 is 1.53 bits per heavy atom. The van der Waals surface area contributed by atoms with Crippen molar-refractivity contribution in [2.45, 2.75) is 13.8 Å². The predicted octanol–water partition coefficient (Wildman–Crippen LogP) is 0.375. The van der Waals surface area contributed by atoms with E-state index in [0.29, 0.717) is 5.69 Å². The van der Waals surface area contributed by atoms with Gasteiger partial charge in [0.05, 0.1) is 6.54 Å². The number of aryl methyl sites for hydroxylation is 1. The standard InChI is InChI=1S/C10H15N3O2/c1-7(2)9(14)6-11-10(15)8-4-5-13(3)12-8/h4-5,7H,6H2,1-3H3,(H,11,15). The molecule has 82 valence electrons. The number of carbonyl (C=O) groups excluding carboxylic acids is 2. The smallest absolute Gasteiger partial charge is 0.272 e. The Balaban J connectivity index is 2.47. The van der Waals surface area contributed by atoms with Gasteiger partial charge in [-0.2, -0.15) is 5.10 Å². The molecule has 0 aliphatic rings. The summed E-state index contributed by atoms with van der Waals surface area (Å²) < 4.78 is 1.54. The summed E-state index contributed by atoms with van der Waals surface area (Å²) in [7, 11) is 1.73. The van der Waals surface area contributed by atoms with Crippen LogP contribution in [0.15, 0.2) is 12.3 Å². The highest BCUT2D eigenvalue weighted by atomic mass is 16.2. The molecule has 0 aromatic carbocycles. The molecule has 0 saturated heterocycles. The van der Waals surface area contributed by atoms with Gasteiger partial charge in [-0.05, 0) is 6.07 Å². The van der Waals surface area contributed by atoms with E-state index in [4.69, 9.17) is 0 Å². The molecule has 1 amide bonds. The van der Waals surface area contributed by atoms with Crippen molar-refractivity contribution in [2.24, 2.45) is 13.0 Å². The maximum atomic E-state index is 11.4. The lowest BCUT2D eigenvalue weighted by Crippen LogP contribution is -2.31. The van der Waals surface area contributed by atoms with Gasteiger partial charge in [-0.25, -0.2) is 0 Å². The molecule has 1 aromatic heterocycles. The molecule has 1 aromatic rings. The third-order valence-corrected chi connectivity index (χ3v) is 2.01. The van der Waals surface area contributed by atoms with Gasteiger partial charge in [0.15, 0.2) is 5.78 Å². The van der Waals surface area contributed by atoms with E-state index in [0.717, 1.165) is 0 Å². The number of aromatic nitrogens is 2. The van der Waals surface area contributed by atoms with Crippen LogP contribution in [-0.4, -0.2) is 28.0 Å². The van der Waals surface area contributed by atoms with Gasteiger partial charge in [0, 0.05) is 19.2 Å². The van der Waals surface area contributed by atoms with Crippen LogP contribution in [0.1, 0.15) is 24.3 Å². The Morgan fingerprint density at radius 2 is 2.20 bits per heavy atom. The van der Waals surface area contributed by atoms with Crippen molar-refractivity contribution in [3.63, 3.8) is 0 Å². The molecular formula is C10H15N3O2. The third-order valence-electron chi connectivity index (χ3n) is 2.01. The highest BCUT2D eigenvalue weighted by Crippen LogP contribution is 1.95. The average Bonchev–Trinajstić information content (AvgIpc) is 2.60. The first kappa shape index (κ1) is 11.4. The first-order valence-electron chi connectivity index (χ1n) is 4.81. The number of amides is 1. The van der Waals surface area contributed by atoms with Gasteiger partial charge in [0.1, 0.15) is 5.69 Å². The predicted molar refractivity (Wildman–Crippen MR) is 55.4 cm³/mol. The fourth-order valence-corrected chi connectivity index (χ4v) is 0.998. The molecule has 0 spiro atoms. The fourth-order valence-electron chi connectivity index (χ4n) is 0.998. The van der Waals surface area contributed by atoms with Crippen LogP contribution in [0.5, 0.6) is 0 Å². The summed E-state index contributed by atoms with van der Waals surface area (Å²) in [6.07, 6.45) is 1.68. The number of ketones is 1. The SMILES string of the molecule is CC(C)C(=O)CNC(=O)c1ccn(C)n1. The molecule has 0 radical (unpaired) electrons. The lowest BCUT2D eigenvalue weighted by Gasteiger charge is -2.04. The average molecular weight is 209 g/mol. The minimum absolute atomic E-state index is 0.0132. The number of nitrogens with zero attached hydrogens (tertiary/aromatic N) is 2. The quantitative estimate of drug-likeness (QED) is 0.779. The van der Waals surface area contributed by atoms with Crippen molar-refractivity contribution in [3.05, 3.63) is 18.0 Å². The largest absolute Gasteiger partial charge is 0.344 e. The summed E-state index contributed by atoms with van der Waals surface area (Å²) in [5, 5.41) is 6.46. The third kappa shape index (κ3) is 3.19. The lowest BCUT2D eigenvalue weighted by atomic mass is 10.1. The zero-order valence-corrected chi connectivity index (χ0v) is 9.15. The molecule has 0 fully saturated rings. The zero-order chi connectivity index (χ0) is 11.4. The molecule has 1 rings (SSSR count). The maximum Gasteiger partial charge on any atom is 0.272 e. The topological polar surface area (TPSA) is 64.0 Å². The minimum atomic E-state index is -0.315. The molecule has 0 unspecified atom stereocenters. The molecule has 0 saturated carbocycles. The van der Waals surface area contributed by atoms with Crippen LogP contribution in [0.4, 0.5) is 0 Å². The second kappa shape index (κ2) is 4.72. The second-order valence-electron chi connectivity index (χ2n) is 3.68. The van der Waals surface area contributed by atoms with E-state index in [9.17, 15) is 9.59 Å². The first-order chi connectivity index (χ1) is 7.00. The molecule has 1 N–H and O–H groups in total. The highest BCUT2D eigenvalue weighted by Gasteiger charge is 2.12. The highest BCUT2D eigenvalue weighted by molar-refractivity contribution is 5.95. The number of nitrogens with one attached hydrogen (secondary N) is 1. The van der Waals surface area contributed by atoms with Gasteiger partial charge < -0.3 is 5.32 Å². The normalized spacial score (nSPS) is 10.4. The van der Waals surface area contributed by atoms with Gasteiger partial charge in [0.25, 0.3) is 5.91 Å². The monoisotopic (exact) mass is 209 g/mol. The van der Waals surface area contributed by atoms with Crippen LogP contribution < -0.4 is 5.32 Å². The molecule has 1 heterocycles. The van der Waals surface area contributed by atoms with E-state index in [2.05, 4.69) is 10.4 Å². The van der Waals surface area contributed by atoms with E-state index in [1.165, 1.54) is 0 Å². The molecule has 0 bridgehead atoms. The van der Waals surface area contributed by atoms with Gasteiger partial charge in [-0.1, -0.05) is 13.8 Å². The van der Waals surface area contributed by atoms with Crippen molar-refractivity contribution in [1.82, 2.24) is 15.1 Å². The Hall–Kier alpha value is -1.65.